The molecule has 134 valence electrons. The Labute approximate surface area is 145 Å². The van der Waals surface area contributed by atoms with E-state index in [-0.39, 0.29) is 28.8 Å². The molecule has 3 rings (SSSR count). The van der Waals surface area contributed by atoms with Gasteiger partial charge in [0, 0.05) is 31.1 Å². The molecule has 0 saturated carbocycles. The van der Waals surface area contributed by atoms with Crippen LogP contribution in [-0.2, 0) is 13.1 Å². The normalized spacial score (nSPS) is 16.6. The number of hydrogen-bond donors (Lipinski definition) is 2. The Kier molecular flexibility index (Phi) is 4.76. The fourth-order valence-corrected chi connectivity index (χ4v) is 2.84. The Morgan fingerprint density at radius 2 is 2.28 bits per heavy atom. The lowest BCUT2D eigenvalue weighted by Crippen LogP contribution is -2.24. The Morgan fingerprint density at radius 3 is 2.92 bits per heavy atom. The molecule has 1 aromatic heterocycles. The third-order valence-electron chi connectivity index (χ3n) is 4.18. The molecule has 0 amide bonds. The smallest absolute Gasteiger partial charge is 0.343 e. The maximum absolute atomic E-state index is 14.6. The van der Waals surface area contributed by atoms with Crippen LogP contribution in [0.3, 0.4) is 0 Å². The quantitative estimate of drug-likeness (QED) is 0.869. The van der Waals surface area contributed by atoms with Crippen LogP contribution in [0, 0.1) is 5.82 Å². The molecule has 2 N–H and O–H groups in total. The Morgan fingerprint density at radius 1 is 1.52 bits per heavy atom. The fourth-order valence-electron chi connectivity index (χ4n) is 2.84. The van der Waals surface area contributed by atoms with Gasteiger partial charge in [0.2, 0.25) is 5.88 Å². The van der Waals surface area contributed by atoms with Crippen LogP contribution in [0.15, 0.2) is 18.2 Å². The van der Waals surface area contributed by atoms with Crippen LogP contribution in [0.25, 0.3) is 11.3 Å². The van der Waals surface area contributed by atoms with Gasteiger partial charge in [0.25, 0.3) is 0 Å². The van der Waals surface area contributed by atoms with Crippen molar-refractivity contribution in [2.45, 2.75) is 52.4 Å². The van der Waals surface area contributed by atoms with Crippen molar-refractivity contribution in [3.05, 3.63) is 35.1 Å². The molecule has 1 aliphatic rings. The van der Waals surface area contributed by atoms with E-state index in [1.54, 1.807) is 12.1 Å². The predicted molar refractivity (Wildman–Crippen MR) is 91.3 cm³/mol. The fraction of sp³-hybridized carbons (Fsp3) is 0.444. The van der Waals surface area contributed by atoms with E-state index in [2.05, 4.69) is 10.4 Å². The van der Waals surface area contributed by atoms with E-state index in [1.807, 2.05) is 20.8 Å². The standard InChI is InChI=1S/C18H22FN3O3/c1-10(2)20-9-12-4-5-13(14(19)8-12)16-15(18(23)24)17-22(21-16)7-6-11(3)25-17/h4-5,8,10-11,20H,6-7,9H2,1-3H3,(H,23,24)/t11-/m1/s1. The molecule has 2 heterocycles. The minimum absolute atomic E-state index is 0.0847. The summed E-state index contributed by atoms with van der Waals surface area (Å²) in [6.07, 6.45) is 0.639. The lowest BCUT2D eigenvalue weighted by atomic mass is 10.0. The maximum Gasteiger partial charge on any atom is 0.343 e. The van der Waals surface area contributed by atoms with Gasteiger partial charge in [0.05, 0.1) is 6.10 Å². The van der Waals surface area contributed by atoms with Crippen LogP contribution in [0.2, 0.25) is 0 Å². The zero-order valence-corrected chi connectivity index (χ0v) is 14.5. The van der Waals surface area contributed by atoms with Gasteiger partial charge in [-0.05, 0) is 24.6 Å². The molecular weight excluding hydrogens is 325 g/mol. The second kappa shape index (κ2) is 6.84. The van der Waals surface area contributed by atoms with E-state index in [0.29, 0.717) is 19.1 Å². The average molecular weight is 347 g/mol. The van der Waals surface area contributed by atoms with Crippen molar-refractivity contribution in [1.29, 1.82) is 0 Å². The van der Waals surface area contributed by atoms with Crippen LogP contribution in [0.5, 0.6) is 5.88 Å². The van der Waals surface area contributed by atoms with Crippen LogP contribution < -0.4 is 10.1 Å². The lowest BCUT2D eigenvalue weighted by Gasteiger charge is -2.21. The van der Waals surface area contributed by atoms with Gasteiger partial charge in [0.15, 0.2) is 0 Å². The third-order valence-corrected chi connectivity index (χ3v) is 4.18. The molecule has 0 spiro atoms. The number of aryl methyl sites for hydroxylation is 1. The number of benzene rings is 1. The second-order valence-corrected chi connectivity index (χ2v) is 6.62. The highest BCUT2D eigenvalue weighted by atomic mass is 19.1. The lowest BCUT2D eigenvalue weighted by molar-refractivity contribution is 0.0684. The number of fused-ring (bicyclic) bond motifs is 1. The molecular formula is C18H22FN3O3. The van der Waals surface area contributed by atoms with Crippen molar-refractivity contribution in [2.24, 2.45) is 0 Å². The van der Waals surface area contributed by atoms with Gasteiger partial charge >= 0.3 is 5.97 Å². The van der Waals surface area contributed by atoms with Gasteiger partial charge in [-0.15, -0.1) is 0 Å². The summed E-state index contributed by atoms with van der Waals surface area (Å²) in [6.45, 7) is 7.00. The van der Waals surface area contributed by atoms with Gasteiger partial charge in [-0.3, -0.25) is 0 Å². The topological polar surface area (TPSA) is 76.4 Å². The van der Waals surface area contributed by atoms with Gasteiger partial charge in [-0.2, -0.15) is 5.10 Å². The van der Waals surface area contributed by atoms with Gasteiger partial charge in [-0.1, -0.05) is 19.9 Å². The zero-order chi connectivity index (χ0) is 18.1. The first kappa shape index (κ1) is 17.4. The highest BCUT2D eigenvalue weighted by Crippen LogP contribution is 2.35. The SMILES string of the molecule is CC(C)NCc1ccc(-c2nn3c(c2C(=O)O)O[C@H](C)CC3)c(F)c1. The molecule has 0 saturated heterocycles. The van der Waals surface area contributed by atoms with Crippen LogP contribution in [-0.4, -0.2) is 33.0 Å². The molecule has 1 aromatic carbocycles. The van der Waals surface area contributed by atoms with Crippen LogP contribution in [0.4, 0.5) is 4.39 Å². The number of carboxylic acid groups (broad SMARTS) is 1. The van der Waals surface area contributed by atoms with E-state index in [0.717, 1.165) is 12.0 Å². The summed E-state index contributed by atoms with van der Waals surface area (Å²) >= 11 is 0. The number of halogens is 1. The van der Waals surface area contributed by atoms with Crippen molar-refractivity contribution < 1.29 is 19.0 Å². The van der Waals surface area contributed by atoms with Crippen molar-refractivity contribution >= 4 is 5.97 Å². The maximum atomic E-state index is 14.6. The molecule has 7 heteroatoms. The van der Waals surface area contributed by atoms with E-state index < -0.39 is 11.8 Å². The van der Waals surface area contributed by atoms with Crippen molar-refractivity contribution in [1.82, 2.24) is 15.1 Å². The largest absolute Gasteiger partial charge is 0.477 e. The number of carboxylic acids is 1. The number of rotatable bonds is 5. The molecule has 6 nitrogen and oxygen atoms in total. The Bertz CT molecular complexity index is 801. The molecule has 0 fully saturated rings. The molecule has 0 aliphatic carbocycles. The summed E-state index contributed by atoms with van der Waals surface area (Å²) in [6, 6.07) is 5.07. The number of aromatic nitrogens is 2. The van der Waals surface area contributed by atoms with Crippen molar-refractivity contribution in [2.75, 3.05) is 0 Å². The summed E-state index contributed by atoms with van der Waals surface area (Å²) in [5.74, 6) is -1.46. The Hall–Kier alpha value is -2.41. The molecule has 1 aliphatic heterocycles. The molecule has 1 atom stereocenters. The monoisotopic (exact) mass is 347 g/mol. The number of carbonyl (C=O) groups is 1. The predicted octanol–water partition coefficient (Wildman–Crippen LogP) is 3.06. The van der Waals surface area contributed by atoms with E-state index in [1.165, 1.54) is 10.7 Å². The number of nitrogens with one attached hydrogen (secondary N) is 1. The highest BCUT2D eigenvalue weighted by molar-refractivity contribution is 5.97. The van der Waals surface area contributed by atoms with Crippen molar-refractivity contribution in [3.8, 4) is 17.1 Å². The summed E-state index contributed by atoms with van der Waals surface area (Å²) in [5.41, 5.74) is 0.987. The average Bonchev–Trinajstić information content (AvgIpc) is 2.91. The number of aromatic carboxylic acids is 1. The highest BCUT2D eigenvalue weighted by Gasteiger charge is 2.30. The molecule has 0 radical (unpaired) electrons. The molecule has 25 heavy (non-hydrogen) atoms. The first-order valence-electron chi connectivity index (χ1n) is 8.39. The van der Waals surface area contributed by atoms with Crippen LogP contribution in [0.1, 0.15) is 43.1 Å². The van der Waals surface area contributed by atoms with Crippen LogP contribution >= 0.6 is 0 Å². The Balaban J connectivity index is 2.00. The van der Waals surface area contributed by atoms with Gasteiger partial charge in [-0.25, -0.2) is 13.9 Å². The summed E-state index contributed by atoms with van der Waals surface area (Å²) in [5, 5.41) is 17.1. The minimum atomic E-state index is -1.17. The summed E-state index contributed by atoms with van der Waals surface area (Å²) in [4.78, 5) is 11.7. The summed E-state index contributed by atoms with van der Waals surface area (Å²) in [7, 11) is 0. The number of nitrogens with zero attached hydrogens (tertiary/aromatic N) is 2. The minimum Gasteiger partial charge on any atom is -0.477 e. The zero-order valence-electron chi connectivity index (χ0n) is 14.5. The van der Waals surface area contributed by atoms with Crippen molar-refractivity contribution in [3.63, 3.8) is 0 Å². The second-order valence-electron chi connectivity index (χ2n) is 6.62. The molecule has 2 aromatic rings. The molecule has 0 bridgehead atoms. The molecule has 0 unspecified atom stereocenters. The number of ether oxygens (including phenoxy) is 1. The van der Waals surface area contributed by atoms with E-state index in [9.17, 15) is 14.3 Å². The van der Waals surface area contributed by atoms with E-state index in [4.69, 9.17) is 4.74 Å². The number of hydrogen-bond acceptors (Lipinski definition) is 4. The third kappa shape index (κ3) is 3.51. The summed E-state index contributed by atoms with van der Waals surface area (Å²) < 4.78 is 21.8. The van der Waals surface area contributed by atoms with Gasteiger partial charge in [0.1, 0.15) is 17.1 Å². The first-order chi connectivity index (χ1) is 11.9. The van der Waals surface area contributed by atoms with Gasteiger partial charge < -0.3 is 15.2 Å². The van der Waals surface area contributed by atoms with E-state index >= 15 is 0 Å². The first-order valence-corrected chi connectivity index (χ1v) is 8.39.